The van der Waals surface area contributed by atoms with Crippen LogP contribution in [0.5, 0.6) is 5.75 Å². The van der Waals surface area contributed by atoms with Crippen molar-refractivity contribution in [3.63, 3.8) is 0 Å². The molecule has 0 bridgehead atoms. The number of ether oxygens (including phenoxy) is 1. The molecule has 1 saturated heterocycles. The number of piperazine rings is 1. The predicted molar refractivity (Wildman–Crippen MR) is 99.7 cm³/mol. The molecule has 0 saturated carbocycles. The van der Waals surface area contributed by atoms with E-state index >= 15 is 0 Å². The molecule has 0 radical (unpaired) electrons. The monoisotopic (exact) mass is 413 g/mol. The maximum absolute atomic E-state index is 12.6. The number of aromatic nitrogens is 1. The normalized spacial score (nSPS) is 14.9. The molecule has 0 unspecified atom stereocenters. The molecule has 0 spiro atoms. The van der Waals surface area contributed by atoms with E-state index in [1.165, 1.54) is 6.07 Å². The Balaban J connectivity index is 1.52. The largest absolute Gasteiger partial charge is 0.482 e. The van der Waals surface area contributed by atoms with Gasteiger partial charge in [-0.1, -0.05) is 17.7 Å². The smallest absolute Gasteiger partial charge is 0.417 e. The predicted octanol–water partition coefficient (Wildman–Crippen LogP) is 3.79. The van der Waals surface area contributed by atoms with E-state index in [1.807, 2.05) is 17.9 Å². The molecule has 9 heteroatoms. The molecule has 1 aromatic carbocycles. The highest BCUT2D eigenvalue weighted by Crippen LogP contribution is 2.29. The van der Waals surface area contributed by atoms with Crippen LogP contribution in [0, 0.1) is 6.92 Å². The van der Waals surface area contributed by atoms with Crippen LogP contribution >= 0.6 is 11.6 Å². The number of hydrogen-bond donors (Lipinski definition) is 0. The van der Waals surface area contributed by atoms with Gasteiger partial charge in [0, 0.05) is 32.4 Å². The van der Waals surface area contributed by atoms with Gasteiger partial charge in [0.1, 0.15) is 11.6 Å². The standard InChI is InChI=1S/C19H19ClF3N3O2/c1-13-2-4-15(20)16(10-13)28-12-18(27)26-8-6-25(7-9-26)17-5-3-14(11-24-17)19(21,22)23/h2-5,10-11H,6-9,12H2,1H3. The Morgan fingerprint density at radius 1 is 1.18 bits per heavy atom. The van der Waals surface area contributed by atoms with E-state index in [9.17, 15) is 18.0 Å². The average Bonchev–Trinajstić information content (AvgIpc) is 2.68. The molecule has 0 aliphatic carbocycles. The lowest BCUT2D eigenvalue weighted by Crippen LogP contribution is -2.50. The van der Waals surface area contributed by atoms with E-state index in [-0.39, 0.29) is 12.5 Å². The highest BCUT2D eigenvalue weighted by molar-refractivity contribution is 6.32. The molecule has 28 heavy (non-hydrogen) atoms. The number of aryl methyl sites for hydroxylation is 1. The van der Waals surface area contributed by atoms with Crippen molar-refractivity contribution < 1.29 is 22.7 Å². The van der Waals surface area contributed by atoms with Crippen LogP contribution in [0.2, 0.25) is 5.02 Å². The summed E-state index contributed by atoms with van der Waals surface area (Å²) in [5, 5.41) is 0.441. The minimum absolute atomic E-state index is 0.123. The SMILES string of the molecule is Cc1ccc(Cl)c(OCC(=O)N2CCN(c3ccc(C(F)(F)F)cn3)CC2)c1. The Bertz CT molecular complexity index is 835. The summed E-state index contributed by atoms with van der Waals surface area (Å²) in [4.78, 5) is 19.8. The zero-order valence-electron chi connectivity index (χ0n) is 15.2. The summed E-state index contributed by atoms with van der Waals surface area (Å²) in [6, 6.07) is 7.70. The number of carbonyl (C=O) groups excluding carboxylic acids is 1. The van der Waals surface area contributed by atoms with Gasteiger partial charge < -0.3 is 14.5 Å². The van der Waals surface area contributed by atoms with Gasteiger partial charge in [-0.25, -0.2) is 4.98 Å². The van der Waals surface area contributed by atoms with E-state index in [0.29, 0.717) is 42.8 Å². The third kappa shape index (κ3) is 4.86. The third-order valence-corrected chi connectivity index (χ3v) is 4.78. The van der Waals surface area contributed by atoms with E-state index in [4.69, 9.17) is 16.3 Å². The number of amides is 1. The number of alkyl halides is 3. The van der Waals surface area contributed by atoms with Crippen molar-refractivity contribution in [2.45, 2.75) is 13.1 Å². The molecule has 2 heterocycles. The average molecular weight is 414 g/mol. The van der Waals surface area contributed by atoms with E-state index in [2.05, 4.69) is 4.98 Å². The second-order valence-electron chi connectivity index (χ2n) is 6.49. The van der Waals surface area contributed by atoms with Crippen LogP contribution in [-0.4, -0.2) is 48.6 Å². The Morgan fingerprint density at radius 2 is 1.89 bits per heavy atom. The fraction of sp³-hybridized carbons (Fsp3) is 0.368. The quantitative estimate of drug-likeness (QED) is 0.765. The Labute approximate surface area is 165 Å². The first-order chi connectivity index (χ1) is 13.2. The first-order valence-corrected chi connectivity index (χ1v) is 9.07. The highest BCUT2D eigenvalue weighted by Gasteiger charge is 2.31. The molecule has 1 aromatic heterocycles. The van der Waals surface area contributed by atoms with Crippen molar-refractivity contribution in [3.05, 3.63) is 52.7 Å². The summed E-state index contributed by atoms with van der Waals surface area (Å²) in [7, 11) is 0. The van der Waals surface area contributed by atoms with Crippen LogP contribution in [0.25, 0.3) is 0 Å². The molecule has 1 aliphatic heterocycles. The third-order valence-electron chi connectivity index (χ3n) is 4.47. The van der Waals surface area contributed by atoms with Crippen LogP contribution in [-0.2, 0) is 11.0 Å². The summed E-state index contributed by atoms with van der Waals surface area (Å²) >= 11 is 6.06. The first kappa shape index (κ1) is 20.3. The van der Waals surface area contributed by atoms with E-state index in [0.717, 1.165) is 17.8 Å². The molecule has 1 aliphatic rings. The molecule has 1 fully saturated rings. The molecule has 0 atom stereocenters. The van der Waals surface area contributed by atoms with Gasteiger partial charge in [-0.15, -0.1) is 0 Å². The summed E-state index contributed by atoms with van der Waals surface area (Å²) in [5.41, 5.74) is 0.196. The van der Waals surface area contributed by atoms with Crippen LogP contribution in [0.15, 0.2) is 36.5 Å². The maximum Gasteiger partial charge on any atom is 0.417 e. The number of pyridine rings is 1. The molecular weight excluding hydrogens is 395 g/mol. The minimum Gasteiger partial charge on any atom is -0.482 e. The zero-order chi connectivity index (χ0) is 20.3. The number of anilines is 1. The number of hydrogen-bond acceptors (Lipinski definition) is 4. The van der Waals surface area contributed by atoms with Gasteiger partial charge in [-0.05, 0) is 36.8 Å². The summed E-state index contributed by atoms with van der Waals surface area (Å²) in [6.07, 6.45) is -3.58. The maximum atomic E-state index is 12.6. The molecule has 5 nitrogen and oxygen atoms in total. The molecule has 0 N–H and O–H groups in total. The van der Waals surface area contributed by atoms with Crippen LogP contribution in [0.1, 0.15) is 11.1 Å². The summed E-state index contributed by atoms with van der Waals surface area (Å²) < 4.78 is 43.4. The summed E-state index contributed by atoms with van der Waals surface area (Å²) in [6.45, 7) is 3.62. The van der Waals surface area contributed by atoms with Gasteiger partial charge in [-0.3, -0.25) is 4.79 Å². The zero-order valence-corrected chi connectivity index (χ0v) is 15.9. The van der Waals surface area contributed by atoms with E-state index in [1.54, 1.807) is 17.0 Å². The van der Waals surface area contributed by atoms with Crippen molar-refractivity contribution >= 4 is 23.3 Å². The molecule has 3 rings (SSSR count). The van der Waals surface area contributed by atoms with Gasteiger partial charge in [0.15, 0.2) is 6.61 Å². The fourth-order valence-corrected chi connectivity index (χ4v) is 3.05. The number of benzene rings is 1. The van der Waals surface area contributed by atoms with Gasteiger partial charge >= 0.3 is 6.18 Å². The van der Waals surface area contributed by atoms with Gasteiger partial charge in [0.25, 0.3) is 5.91 Å². The van der Waals surface area contributed by atoms with Gasteiger partial charge in [0.2, 0.25) is 0 Å². The van der Waals surface area contributed by atoms with Crippen LogP contribution < -0.4 is 9.64 Å². The van der Waals surface area contributed by atoms with Crippen molar-refractivity contribution in [1.82, 2.24) is 9.88 Å². The molecule has 150 valence electrons. The Hall–Kier alpha value is -2.48. The molecule has 2 aromatic rings. The second-order valence-corrected chi connectivity index (χ2v) is 6.90. The van der Waals surface area contributed by atoms with Gasteiger partial charge in [0.05, 0.1) is 10.6 Å². The first-order valence-electron chi connectivity index (χ1n) is 8.69. The number of halogens is 4. The van der Waals surface area contributed by atoms with Crippen molar-refractivity contribution in [1.29, 1.82) is 0 Å². The van der Waals surface area contributed by atoms with Gasteiger partial charge in [-0.2, -0.15) is 13.2 Å². The highest BCUT2D eigenvalue weighted by atomic mass is 35.5. The molecular formula is C19H19ClF3N3O2. The lowest BCUT2D eigenvalue weighted by atomic mass is 10.2. The Kier molecular flexibility index (Phi) is 5.98. The lowest BCUT2D eigenvalue weighted by molar-refractivity contribution is -0.138. The van der Waals surface area contributed by atoms with Crippen LogP contribution in [0.4, 0.5) is 19.0 Å². The van der Waals surface area contributed by atoms with Crippen molar-refractivity contribution in [3.8, 4) is 5.75 Å². The Morgan fingerprint density at radius 3 is 2.50 bits per heavy atom. The lowest BCUT2D eigenvalue weighted by Gasteiger charge is -2.35. The number of nitrogens with zero attached hydrogens (tertiary/aromatic N) is 3. The number of carbonyl (C=O) groups is 1. The molecule has 1 amide bonds. The topological polar surface area (TPSA) is 45.7 Å². The van der Waals surface area contributed by atoms with E-state index < -0.39 is 11.7 Å². The number of rotatable bonds is 4. The second kappa shape index (κ2) is 8.26. The minimum atomic E-state index is -4.41. The summed E-state index contributed by atoms with van der Waals surface area (Å²) in [5.74, 6) is 0.753. The fourth-order valence-electron chi connectivity index (χ4n) is 2.88. The van der Waals surface area contributed by atoms with Crippen LogP contribution in [0.3, 0.4) is 0 Å². The van der Waals surface area contributed by atoms with Crippen molar-refractivity contribution in [2.24, 2.45) is 0 Å². The van der Waals surface area contributed by atoms with Crippen molar-refractivity contribution in [2.75, 3.05) is 37.7 Å².